The van der Waals surface area contributed by atoms with Crippen molar-refractivity contribution in [3.05, 3.63) is 35.4 Å². The van der Waals surface area contributed by atoms with E-state index >= 15 is 0 Å². The molecular formula is C10H11ClN2O3. The Labute approximate surface area is 97.5 Å². The highest BCUT2D eigenvalue weighted by Gasteiger charge is 2.08. The zero-order valence-corrected chi connectivity index (χ0v) is 9.15. The fourth-order valence-electron chi connectivity index (χ4n) is 1.08. The zero-order chi connectivity index (χ0) is 12.0. The summed E-state index contributed by atoms with van der Waals surface area (Å²) < 4.78 is 4.83. The largest absolute Gasteiger partial charge is 0.461 e. The van der Waals surface area contributed by atoms with E-state index < -0.39 is 5.97 Å². The topological polar surface area (TPSA) is 84.9 Å². The summed E-state index contributed by atoms with van der Waals surface area (Å²) in [7, 11) is 0. The van der Waals surface area contributed by atoms with Crippen LogP contribution < -0.4 is 5.73 Å². The van der Waals surface area contributed by atoms with Crippen molar-refractivity contribution in [3.8, 4) is 0 Å². The average Bonchev–Trinajstić information content (AvgIpc) is 2.35. The maximum atomic E-state index is 11.4. The van der Waals surface area contributed by atoms with Gasteiger partial charge in [0.25, 0.3) is 0 Å². The lowest BCUT2D eigenvalue weighted by molar-refractivity contribution is 0.0529. The molecule has 86 valence electrons. The third kappa shape index (κ3) is 3.13. The van der Waals surface area contributed by atoms with Gasteiger partial charge in [0, 0.05) is 5.56 Å². The third-order valence-corrected chi connectivity index (χ3v) is 1.97. The van der Waals surface area contributed by atoms with Crippen LogP contribution in [0.25, 0.3) is 0 Å². The molecule has 0 heterocycles. The fourth-order valence-corrected chi connectivity index (χ4v) is 1.15. The molecule has 1 aromatic carbocycles. The van der Waals surface area contributed by atoms with Crippen molar-refractivity contribution in [1.82, 2.24) is 0 Å². The Morgan fingerprint density at radius 2 is 2.19 bits per heavy atom. The molecule has 0 fully saturated rings. The summed E-state index contributed by atoms with van der Waals surface area (Å²) in [5.41, 5.74) is 6.17. The number of alkyl halides is 1. The number of benzene rings is 1. The molecule has 0 aliphatic carbocycles. The average molecular weight is 243 g/mol. The lowest BCUT2D eigenvalue weighted by atomic mass is 10.1. The number of rotatable bonds is 4. The quantitative estimate of drug-likeness (QED) is 0.207. The van der Waals surface area contributed by atoms with E-state index in [1.165, 1.54) is 6.07 Å². The van der Waals surface area contributed by atoms with Crippen molar-refractivity contribution in [1.29, 1.82) is 0 Å². The molecule has 0 bridgehead atoms. The van der Waals surface area contributed by atoms with Crippen molar-refractivity contribution in [2.45, 2.75) is 0 Å². The van der Waals surface area contributed by atoms with Gasteiger partial charge >= 0.3 is 5.97 Å². The molecule has 1 rings (SSSR count). The van der Waals surface area contributed by atoms with Gasteiger partial charge in [-0.2, -0.15) is 0 Å². The normalized spacial score (nSPS) is 11.2. The minimum atomic E-state index is -0.492. The highest BCUT2D eigenvalue weighted by atomic mass is 35.5. The molecular weight excluding hydrogens is 232 g/mol. The number of nitrogens with two attached hydrogens (primary N) is 1. The molecule has 0 unspecified atom stereocenters. The Hall–Kier alpha value is -1.75. The van der Waals surface area contributed by atoms with E-state index in [4.69, 9.17) is 27.3 Å². The van der Waals surface area contributed by atoms with Crippen LogP contribution in [-0.2, 0) is 4.74 Å². The molecule has 0 atom stereocenters. The molecule has 0 aromatic heterocycles. The molecule has 0 spiro atoms. The zero-order valence-electron chi connectivity index (χ0n) is 8.39. The Kier molecular flexibility index (Phi) is 4.60. The number of ether oxygens (including phenoxy) is 1. The summed E-state index contributed by atoms with van der Waals surface area (Å²) in [6.45, 7) is 0.147. The molecule has 0 saturated carbocycles. The molecule has 6 heteroatoms. The lowest BCUT2D eigenvalue weighted by Gasteiger charge is -2.04. The van der Waals surface area contributed by atoms with Gasteiger partial charge in [-0.15, -0.1) is 11.6 Å². The number of esters is 1. The summed E-state index contributed by atoms with van der Waals surface area (Å²) in [5.74, 6) is -0.314. The Morgan fingerprint density at radius 3 is 2.81 bits per heavy atom. The van der Waals surface area contributed by atoms with Gasteiger partial charge in [-0.3, -0.25) is 0 Å². The van der Waals surface area contributed by atoms with E-state index in [1.807, 2.05) is 0 Å². The molecule has 5 nitrogen and oxygen atoms in total. The first kappa shape index (κ1) is 12.3. The first-order chi connectivity index (χ1) is 7.69. The van der Waals surface area contributed by atoms with Crippen molar-refractivity contribution in [3.63, 3.8) is 0 Å². The number of halogens is 1. The molecule has 16 heavy (non-hydrogen) atoms. The van der Waals surface area contributed by atoms with Crippen LogP contribution >= 0.6 is 11.6 Å². The minimum Gasteiger partial charge on any atom is -0.461 e. The van der Waals surface area contributed by atoms with E-state index in [2.05, 4.69) is 5.16 Å². The Balaban J connectivity index is 2.86. The lowest BCUT2D eigenvalue weighted by Crippen LogP contribution is -2.14. The highest BCUT2D eigenvalue weighted by molar-refractivity contribution is 6.18. The van der Waals surface area contributed by atoms with Gasteiger partial charge in [-0.05, 0) is 12.1 Å². The van der Waals surface area contributed by atoms with E-state index in [1.54, 1.807) is 18.2 Å². The predicted molar refractivity (Wildman–Crippen MR) is 60.0 cm³/mol. The number of hydrogen-bond donors (Lipinski definition) is 2. The second-order valence-electron chi connectivity index (χ2n) is 2.89. The molecule has 0 amide bonds. The monoisotopic (exact) mass is 242 g/mol. The molecule has 0 aliphatic heterocycles. The minimum absolute atomic E-state index is 0.0630. The van der Waals surface area contributed by atoms with Crippen molar-refractivity contribution >= 4 is 23.4 Å². The van der Waals surface area contributed by atoms with E-state index in [9.17, 15) is 4.79 Å². The molecule has 1 aromatic rings. The Morgan fingerprint density at radius 1 is 1.50 bits per heavy atom. The van der Waals surface area contributed by atoms with Gasteiger partial charge in [0.05, 0.1) is 11.4 Å². The van der Waals surface area contributed by atoms with Crippen molar-refractivity contribution < 1.29 is 14.7 Å². The highest BCUT2D eigenvalue weighted by Crippen LogP contribution is 2.06. The van der Waals surface area contributed by atoms with Gasteiger partial charge in [0.15, 0.2) is 5.84 Å². The fraction of sp³-hybridized carbons (Fsp3) is 0.200. The summed E-state index contributed by atoms with van der Waals surface area (Å²) in [6, 6.07) is 6.29. The van der Waals surface area contributed by atoms with Gasteiger partial charge in [0.2, 0.25) is 0 Å². The first-order valence-electron chi connectivity index (χ1n) is 4.50. The van der Waals surface area contributed by atoms with Crippen LogP contribution in [-0.4, -0.2) is 29.5 Å². The summed E-state index contributed by atoms with van der Waals surface area (Å²) in [4.78, 5) is 11.4. The van der Waals surface area contributed by atoms with Crippen molar-refractivity contribution in [2.75, 3.05) is 12.5 Å². The molecule has 0 radical (unpaired) electrons. The smallest absolute Gasteiger partial charge is 0.338 e. The maximum Gasteiger partial charge on any atom is 0.338 e. The van der Waals surface area contributed by atoms with Crippen molar-refractivity contribution in [2.24, 2.45) is 10.9 Å². The standard InChI is InChI=1S/C10H11ClN2O3/c11-4-5-16-10(14)8-3-1-2-7(6-8)9(12)13-15/h1-3,6,15H,4-5H2,(H2,12,13). The van der Waals surface area contributed by atoms with E-state index in [0.717, 1.165) is 0 Å². The predicted octanol–water partition coefficient (Wildman–Crippen LogP) is 1.18. The SMILES string of the molecule is N/C(=N/O)c1cccc(C(=O)OCCCl)c1. The molecule has 0 aliphatic rings. The number of hydrogen-bond acceptors (Lipinski definition) is 4. The van der Waals surface area contributed by atoms with Crippen LogP contribution in [0.2, 0.25) is 0 Å². The number of amidine groups is 1. The van der Waals surface area contributed by atoms with Gasteiger partial charge in [-0.25, -0.2) is 4.79 Å². The second kappa shape index (κ2) is 5.97. The summed E-state index contributed by atoms with van der Waals surface area (Å²) >= 11 is 5.39. The number of carbonyl (C=O) groups is 1. The van der Waals surface area contributed by atoms with E-state index in [0.29, 0.717) is 11.1 Å². The van der Waals surface area contributed by atoms with Gasteiger partial charge in [0.1, 0.15) is 6.61 Å². The van der Waals surface area contributed by atoms with Crippen LogP contribution in [0, 0.1) is 0 Å². The second-order valence-corrected chi connectivity index (χ2v) is 3.27. The summed E-state index contributed by atoms with van der Waals surface area (Å²) in [5, 5.41) is 11.3. The summed E-state index contributed by atoms with van der Waals surface area (Å²) in [6.07, 6.45) is 0. The van der Waals surface area contributed by atoms with Crippen LogP contribution in [0.5, 0.6) is 0 Å². The first-order valence-corrected chi connectivity index (χ1v) is 5.03. The number of oxime groups is 1. The van der Waals surface area contributed by atoms with E-state index in [-0.39, 0.29) is 18.3 Å². The van der Waals surface area contributed by atoms with Gasteiger partial charge in [-0.1, -0.05) is 17.3 Å². The molecule has 0 saturated heterocycles. The number of carbonyl (C=O) groups excluding carboxylic acids is 1. The molecule has 3 N–H and O–H groups in total. The van der Waals surface area contributed by atoms with Crippen LogP contribution in [0.1, 0.15) is 15.9 Å². The number of nitrogens with zero attached hydrogens (tertiary/aromatic N) is 1. The third-order valence-electron chi connectivity index (χ3n) is 1.81. The van der Waals surface area contributed by atoms with Crippen LogP contribution in [0.3, 0.4) is 0 Å². The Bertz CT molecular complexity index is 407. The van der Waals surface area contributed by atoms with Crippen LogP contribution in [0.4, 0.5) is 0 Å². The van der Waals surface area contributed by atoms with Gasteiger partial charge < -0.3 is 15.7 Å². The maximum absolute atomic E-state index is 11.4. The van der Waals surface area contributed by atoms with Crippen LogP contribution in [0.15, 0.2) is 29.4 Å².